The molecule has 0 atom stereocenters. The van der Waals surface area contributed by atoms with Gasteiger partial charge in [0.25, 0.3) is 0 Å². The first-order valence-electron chi connectivity index (χ1n) is 7.81. The molecule has 0 aromatic heterocycles. The Kier molecular flexibility index (Phi) is 8.26. The number of hydrogen-bond acceptors (Lipinski definition) is 4. The summed E-state index contributed by atoms with van der Waals surface area (Å²) in [5, 5.41) is 0. The maximum absolute atomic E-state index is 11.2. The van der Waals surface area contributed by atoms with Crippen molar-refractivity contribution in [2.75, 3.05) is 19.7 Å². The average molecular weight is 284 g/mol. The van der Waals surface area contributed by atoms with Crippen LogP contribution in [0.2, 0.25) is 0 Å². The van der Waals surface area contributed by atoms with Gasteiger partial charge in [0.1, 0.15) is 0 Å². The van der Waals surface area contributed by atoms with Gasteiger partial charge in [-0.2, -0.15) is 0 Å². The highest BCUT2D eigenvalue weighted by Crippen LogP contribution is 2.23. The Bertz CT molecular complexity index is 301. The standard InChI is InChI=1S/C15H28N2O3/c1-2-20-15(19)10-4-3-7-11-17(12-14(16)18)13-8-5-6-9-13/h13H,2-12H2,1H3,(H2,16,18). The number of unbranched alkanes of at least 4 members (excludes halogenated alkanes) is 2. The topological polar surface area (TPSA) is 72.6 Å². The Balaban J connectivity index is 2.18. The summed E-state index contributed by atoms with van der Waals surface area (Å²) in [6, 6.07) is 0.521. The molecule has 0 bridgehead atoms. The van der Waals surface area contributed by atoms with Crippen molar-refractivity contribution in [3.63, 3.8) is 0 Å². The molecule has 0 aromatic rings. The van der Waals surface area contributed by atoms with Crippen LogP contribution < -0.4 is 5.73 Å². The molecular formula is C15H28N2O3. The normalized spacial score (nSPS) is 15.7. The van der Waals surface area contributed by atoms with Gasteiger partial charge in [0.15, 0.2) is 0 Å². The SMILES string of the molecule is CCOC(=O)CCCCCN(CC(N)=O)C1CCCC1. The van der Waals surface area contributed by atoms with Crippen molar-refractivity contribution in [1.29, 1.82) is 0 Å². The number of esters is 1. The molecule has 0 heterocycles. The third-order valence-corrected chi connectivity index (χ3v) is 3.83. The molecule has 116 valence electrons. The van der Waals surface area contributed by atoms with Crippen LogP contribution in [-0.2, 0) is 14.3 Å². The summed E-state index contributed by atoms with van der Waals surface area (Å²) in [5.74, 6) is -0.360. The number of rotatable bonds is 10. The van der Waals surface area contributed by atoms with Crippen LogP contribution in [0.5, 0.6) is 0 Å². The first kappa shape index (κ1) is 17.0. The van der Waals surface area contributed by atoms with Crippen LogP contribution in [0.3, 0.4) is 0 Å². The molecule has 5 nitrogen and oxygen atoms in total. The summed E-state index contributed by atoms with van der Waals surface area (Å²) in [6.45, 7) is 3.53. The van der Waals surface area contributed by atoms with Crippen molar-refractivity contribution in [1.82, 2.24) is 4.90 Å². The summed E-state index contributed by atoms with van der Waals surface area (Å²) in [6.07, 6.45) is 8.20. The minimum absolute atomic E-state index is 0.114. The Labute approximate surface area is 121 Å². The second-order valence-electron chi connectivity index (χ2n) is 5.49. The highest BCUT2D eigenvalue weighted by Gasteiger charge is 2.23. The number of nitrogens with zero attached hydrogens (tertiary/aromatic N) is 1. The van der Waals surface area contributed by atoms with Gasteiger partial charge in [-0.15, -0.1) is 0 Å². The smallest absolute Gasteiger partial charge is 0.305 e. The van der Waals surface area contributed by atoms with Crippen LogP contribution in [0.4, 0.5) is 0 Å². The number of carbonyl (C=O) groups is 2. The zero-order valence-electron chi connectivity index (χ0n) is 12.6. The van der Waals surface area contributed by atoms with Crippen LogP contribution in [-0.4, -0.2) is 42.5 Å². The molecule has 0 saturated heterocycles. The van der Waals surface area contributed by atoms with E-state index in [4.69, 9.17) is 10.5 Å². The van der Waals surface area contributed by atoms with Crippen LogP contribution in [0.25, 0.3) is 0 Å². The number of amides is 1. The van der Waals surface area contributed by atoms with E-state index in [2.05, 4.69) is 4.90 Å². The molecule has 0 spiro atoms. The predicted molar refractivity (Wildman–Crippen MR) is 78.1 cm³/mol. The quantitative estimate of drug-likeness (QED) is 0.491. The fourth-order valence-corrected chi connectivity index (χ4v) is 2.85. The molecule has 1 fully saturated rings. The number of hydrogen-bond donors (Lipinski definition) is 1. The fraction of sp³-hybridized carbons (Fsp3) is 0.867. The van der Waals surface area contributed by atoms with E-state index in [1.165, 1.54) is 25.7 Å². The Morgan fingerprint density at radius 2 is 1.90 bits per heavy atom. The lowest BCUT2D eigenvalue weighted by Gasteiger charge is -2.27. The number of carbonyl (C=O) groups excluding carboxylic acids is 2. The van der Waals surface area contributed by atoms with Crippen molar-refractivity contribution in [3.8, 4) is 0 Å². The second kappa shape index (κ2) is 9.75. The molecule has 20 heavy (non-hydrogen) atoms. The number of ether oxygens (including phenoxy) is 1. The largest absolute Gasteiger partial charge is 0.466 e. The van der Waals surface area contributed by atoms with Crippen LogP contribution in [0.1, 0.15) is 58.3 Å². The summed E-state index contributed by atoms with van der Waals surface area (Å²) >= 11 is 0. The first-order valence-corrected chi connectivity index (χ1v) is 7.81. The van der Waals surface area contributed by atoms with Crippen molar-refractivity contribution in [2.45, 2.75) is 64.3 Å². The van der Waals surface area contributed by atoms with Crippen LogP contribution >= 0.6 is 0 Å². The molecule has 1 amide bonds. The van der Waals surface area contributed by atoms with Crippen molar-refractivity contribution < 1.29 is 14.3 Å². The lowest BCUT2D eigenvalue weighted by Crippen LogP contribution is -2.40. The zero-order valence-corrected chi connectivity index (χ0v) is 12.6. The molecule has 1 rings (SSSR count). The predicted octanol–water partition coefficient (Wildman–Crippen LogP) is 1.84. The Morgan fingerprint density at radius 3 is 2.50 bits per heavy atom. The van der Waals surface area contributed by atoms with E-state index in [0.717, 1.165) is 25.8 Å². The van der Waals surface area contributed by atoms with Crippen molar-refractivity contribution >= 4 is 11.9 Å². The van der Waals surface area contributed by atoms with Gasteiger partial charge < -0.3 is 10.5 Å². The molecular weight excluding hydrogens is 256 g/mol. The Morgan fingerprint density at radius 1 is 1.20 bits per heavy atom. The van der Waals surface area contributed by atoms with E-state index < -0.39 is 0 Å². The zero-order chi connectivity index (χ0) is 14.8. The van der Waals surface area contributed by atoms with Crippen LogP contribution in [0, 0.1) is 0 Å². The van der Waals surface area contributed by atoms with E-state index >= 15 is 0 Å². The van der Waals surface area contributed by atoms with E-state index in [9.17, 15) is 9.59 Å². The fourth-order valence-electron chi connectivity index (χ4n) is 2.85. The summed E-state index contributed by atoms with van der Waals surface area (Å²) in [7, 11) is 0. The van der Waals surface area contributed by atoms with Gasteiger partial charge in [-0.25, -0.2) is 0 Å². The summed E-state index contributed by atoms with van der Waals surface area (Å²) < 4.78 is 4.89. The van der Waals surface area contributed by atoms with Gasteiger partial charge in [0.2, 0.25) is 5.91 Å². The van der Waals surface area contributed by atoms with Gasteiger partial charge in [-0.3, -0.25) is 14.5 Å². The molecule has 5 heteroatoms. The molecule has 1 aliphatic rings. The lowest BCUT2D eigenvalue weighted by atomic mass is 10.1. The van der Waals surface area contributed by atoms with E-state index in [1.807, 2.05) is 6.92 Å². The third kappa shape index (κ3) is 6.89. The monoisotopic (exact) mass is 284 g/mol. The highest BCUT2D eigenvalue weighted by molar-refractivity contribution is 5.75. The highest BCUT2D eigenvalue weighted by atomic mass is 16.5. The van der Waals surface area contributed by atoms with Crippen molar-refractivity contribution in [2.24, 2.45) is 5.73 Å². The van der Waals surface area contributed by atoms with Gasteiger partial charge in [0.05, 0.1) is 13.2 Å². The van der Waals surface area contributed by atoms with Gasteiger partial charge >= 0.3 is 5.97 Å². The molecule has 0 radical (unpaired) electrons. The van der Waals surface area contributed by atoms with E-state index in [1.54, 1.807) is 0 Å². The molecule has 1 saturated carbocycles. The minimum atomic E-state index is -0.247. The molecule has 0 aliphatic heterocycles. The summed E-state index contributed by atoms with van der Waals surface area (Å²) in [4.78, 5) is 24.6. The first-order chi connectivity index (χ1) is 9.63. The summed E-state index contributed by atoms with van der Waals surface area (Å²) in [5.41, 5.74) is 5.32. The van der Waals surface area contributed by atoms with Gasteiger partial charge in [0, 0.05) is 12.5 Å². The second-order valence-corrected chi connectivity index (χ2v) is 5.49. The molecule has 0 aromatic carbocycles. The molecule has 2 N–H and O–H groups in total. The maximum atomic E-state index is 11.2. The number of primary amides is 1. The van der Waals surface area contributed by atoms with Crippen molar-refractivity contribution in [3.05, 3.63) is 0 Å². The number of nitrogens with two attached hydrogens (primary N) is 1. The average Bonchev–Trinajstić information content (AvgIpc) is 2.90. The maximum Gasteiger partial charge on any atom is 0.305 e. The Hall–Kier alpha value is -1.10. The lowest BCUT2D eigenvalue weighted by molar-refractivity contribution is -0.143. The van der Waals surface area contributed by atoms with Gasteiger partial charge in [-0.05, 0) is 39.2 Å². The van der Waals surface area contributed by atoms with Gasteiger partial charge in [-0.1, -0.05) is 19.3 Å². The third-order valence-electron chi connectivity index (χ3n) is 3.83. The molecule has 1 aliphatic carbocycles. The van der Waals surface area contributed by atoms with E-state index in [0.29, 0.717) is 25.6 Å². The minimum Gasteiger partial charge on any atom is -0.466 e. The molecule has 0 unspecified atom stereocenters. The van der Waals surface area contributed by atoms with E-state index in [-0.39, 0.29) is 11.9 Å². The van der Waals surface area contributed by atoms with Crippen LogP contribution in [0.15, 0.2) is 0 Å².